The molecular weight excluding hydrogens is 276 g/mol. The van der Waals surface area contributed by atoms with E-state index >= 15 is 0 Å². The zero-order valence-electron chi connectivity index (χ0n) is 10.9. The molecule has 2 aromatic carbocycles. The highest BCUT2D eigenvalue weighted by atomic mass is 35.5. The Morgan fingerprint density at radius 3 is 2.42 bits per heavy atom. The van der Waals surface area contributed by atoms with Gasteiger partial charge in [-0.1, -0.05) is 42.4 Å². The standard InChI is InChI=1S/C16H15ClOS/c1-3-12-5-4-6-15(16(12)11(2)18)19-14-9-7-13(17)8-10-14/h4-10H,3H2,1-2H3. The van der Waals surface area contributed by atoms with Gasteiger partial charge in [-0.05, 0) is 49.2 Å². The van der Waals surface area contributed by atoms with Gasteiger partial charge in [-0.3, -0.25) is 4.79 Å². The van der Waals surface area contributed by atoms with E-state index in [0.717, 1.165) is 32.4 Å². The lowest BCUT2D eigenvalue weighted by atomic mass is 10.0. The number of rotatable bonds is 4. The summed E-state index contributed by atoms with van der Waals surface area (Å²) in [5.74, 6) is 0.119. The number of carbonyl (C=O) groups excluding carboxylic acids is 1. The highest BCUT2D eigenvalue weighted by Gasteiger charge is 2.12. The van der Waals surface area contributed by atoms with E-state index < -0.39 is 0 Å². The molecule has 0 amide bonds. The Labute approximate surface area is 123 Å². The molecule has 0 aliphatic rings. The second-order valence-electron chi connectivity index (χ2n) is 4.26. The van der Waals surface area contributed by atoms with Crippen LogP contribution in [-0.2, 0) is 6.42 Å². The summed E-state index contributed by atoms with van der Waals surface area (Å²) >= 11 is 7.48. The highest BCUT2D eigenvalue weighted by molar-refractivity contribution is 7.99. The predicted molar refractivity (Wildman–Crippen MR) is 81.4 cm³/mol. The first-order valence-electron chi connectivity index (χ1n) is 6.18. The van der Waals surface area contributed by atoms with Crippen molar-refractivity contribution in [2.24, 2.45) is 0 Å². The predicted octanol–water partition coefficient (Wildman–Crippen LogP) is 5.26. The van der Waals surface area contributed by atoms with E-state index in [4.69, 9.17) is 11.6 Å². The number of aryl methyl sites for hydroxylation is 1. The Hall–Kier alpha value is -1.25. The van der Waals surface area contributed by atoms with Gasteiger partial charge in [-0.2, -0.15) is 0 Å². The van der Waals surface area contributed by atoms with Crippen LogP contribution in [-0.4, -0.2) is 5.78 Å². The maximum absolute atomic E-state index is 11.9. The van der Waals surface area contributed by atoms with Gasteiger partial charge in [0.1, 0.15) is 0 Å². The van der Waals surface area contributed by atoms with Crippen LogP contribution in [0.25, 0.3) is 0 Å². The lowest BCUT2D eigenvalue weighted by Crippen LogP contribution is -2.01. The third kappa shape index (κ3) is 3.40. The Morgan fingerprint density at radius 1 is 1.16 bits per heavy atom. The van der Waals surface area contributed by atoms with Gasteiger partial charge in [-0.25, -0.2) is 0 Å². The fourth-order valence-corrected chi connectivity index (χ4v) is 3.16. The van der Waals surface area contributed by atoms with E-state index in [9.17, 15) is 4.79 Å². The number of carbonyl (C=O) groups is 1. The van der Waals surface area contributed by atoms with Crippen molar-refractivity contribution in [3.8, 4) is 0 Å². The van der Waals surface area contributed by atoms with Gasteiger partial charge in [0.2, 0.25) is 0 Å². The number of hydrogen-bond donors (Lipinski definition) is 0. The van der Waals surface area contributed by atoms with Crippen LogP contribution in [0.4, 0.5) is 0 Å². The van der Waals surface area contributed by atoms with Crippen molar-refractivity contribution in [1.82, 2.24) is 0 Å². The molecule has 2 aromatic rings. The molecule has 0 heterocycles. The van der Waals surface area contributed by atoms with Gasteiger partial charge in [-0.15, -0.1) is 0 Å². The van der Waals surface area contributed by atoms with Crippen molar-refractivity contribution in [3.63, 3.8) is 0 Å². The third-order valence-corrected chi connectivity index (χ3v) is 4.21. The zero-order chi connectivity index (χ0) is 13.8. The third-order valence-electron chi connectivity index (χ3n) is 2.89. The second kappa shape index (κ2) is 6.27. The first-order valence-corrected chi connectivity index (χ1v) is 7.37. The van der Waals surface area contributed by atoms with Crippen LogP contribution in [0, 0.1) is 0 Å². The van der Waals surface area contributed by atoms with Crippen LogP contribution in [0.1, 0.15) is 29.8 Å². The van der Waals surface area contributed by atoms with E-state index in [0.29, 0.717) is 0 Å². The average molecular weight is 291 g/mol. The molecule has 0 fully saturated rings. The Morgan fingerprint density at radius 2 is 1.84 bits per heavy atom. The van der Waals surface area contributed by atoms with E-state index in [2.05, 4.69) is 6.92 Å². The zero-order valence-corrected chi connectivity index (χ0v) is 12.5. The van der Waals surface area contributed by atoms with E-state index in [1.165, 1.54) is 0 Å². The Bertz CT molecular complexity index is 590. The minimum Gasteiger partial charge on any atom is -0.294 e. The fraction of sp³-hybridized carbons (Fsp3) is 0.188. The number of halogens is 1. The van der Waals surface area contributed by atoms with Gasteiger partial charge in [0, 0.05) is 20.4 Å². The first-order chi connectivity index (χ1) is 9.11. The Balaban J connectivity index is 2.39. The lowest BCUT2D eigenvalue weighted by molar-refractivity contribution is 0.101. The summed E-state index contributed by atoms with van der Waals surface area (Å²) in [6.07, 6.45) is 0.865. The van der Waals surface area contributed by atoms with Crippen LogP contribution in [0.15, 0.2) is 52.3 Å². The normalized spacial score (nSPS) is 10.5. The molecule has 0 aliphatic carbocycles. The lowest BCUT2D eigenvalue weighted by Gasteiger charge is -2.11. The van der Waals surface area contributed by atoms with Crippen molar-refractivity contribution in [1.29, 1.82) is 0 Å². The molecule has 0 saturated carbocycles. The summed E-state index contributed by atoms with van der Waals surface area (Å²) in [4.78, 5) is 13.9. The summed E-state index contributed by atoms with van der Waals surface area (Å²) in [7, 11) is 0. The van der Waals surface area contributed by atoms with Crippen LogP contribution in [0.3, 0.4) is 0 Å². The molecule has 0 aliphatic heterocycles. The molecule has 0 aromatic heterocycles. The van der Waals surface area contributed by atoms with Gasteiger partial charge >= 0.3 is 0 Å². The van der Waals surface area contributed by atoms with Crippen LogP contribution < -0.4 is 0 Å². The summed E-state index contributed by atoms with van der Waals surface area (Å²) in [5.41, 5.74) is 1.94. The summed E-state index contributed by atoms with van der Waals surface area (Å²) in [6.45, 7) is 3.69. The molecule has 3 heteroatoms. The summed E-state index contributed by atoms with van der Waals surface area (Å²) < 4.78 is 0. The largest absolute Gasteiger partial charge is 0.294 e. The van der Waals surface area contributed by atoms with Gasteiger partial charge in [0.05, 0.1) is 0 Å². The number of Topliss-reactive ketones (excluding diaryl/α,β-unsaturated/α-hetero) is 1. The van der Waals surface area contributed by atoms with Gasteiger partial charge in [0.15, 0.2) is 5.78 Å². The van der Waals surface area contributed by atoms with Crippen molar-refractivity contribution in [2.75, 3.05) is 0 Å². The first kappa shape index (κ1) is 14.2. The molecular formula is C16H15ClOS. The van der Waals surface area contributed by atoms with Gasteiger partial charge in [0.25, 0.3) is 0 Å². The maximum Gasteiger partial charge on any atom is 0.161 e. The fourth-order valence-electron chi connectivity index (χ4n) is 1.99. The molecule has 0 atom stereocenters. The van der Waals surface area contributed by atoms with Gasteiger partial charge < -0.3 is 0 Å². The van der Waals surface area contributed by atoms with Crippen molar-refractivity contribution in [2.45, 2.75) is 30.1 Å². The smallest absolute Gasteiger partial charge is 0.161 e. The minimum atomic E-state index is 0.119. The molecule has 0 N–H and O–H groups in total. The maximum atomic E-state index is 11.9. The SMILES string of the molecule is CCc1cccc(Sc2ccc(Cl)cc2)c1C(C)=O. The monoisotopic (exact) mass is 290 g/mol. The van der Waals surface area contributed by atoms with Crippen molar-refractivity contribution >= 4 is 29.1 Å². The number of benzene rings is 2. The van der Waals surface area contributed by atoms with Crippen molar-refractivity contribution in [3.05, 3.63) is 58.6 Å². The highest BCUT2D eigenvalue weighted by Crippen LogP contribution is 2.33. The van der Waals surface area contributed by atoms with Crippen LogP contribution in [0.5, 0.6) is 0 Å². The molecule has 0 radical (unpaired) electrons. The average Bonchev–Trinajstić information content (AvgIpc) is 2.40. The summed E-state index contributed by atoms with van der Waals surface area (Å²) in [6, 6.07) is 13.7. The molecule has 98 valence electrons. The quantitative estimate of drug-likeness (QED) is 0.715. The van der Waals surface area contributed by atoms with Crippen LogP contribution >= 0.6 is 23.4 Å². The van der Waals surface area contributed by atoms with E-state index in [1.54, 1.807) is 18.7 Å². The minimum absolute atomic E-state index is 0.119. The van der Waals surface area contributed by atoms with E-state index in [1.807, 2.05) is 42.5 Å². The molecule has 0 saturated heterocycles. The molecule has 2 rings (SSSR count). The molecule has 0 bridgehead atoms. The molecule has 1 nitrogen and oxygen atoms in total. The molecule has 0 spiro atoms. The van der Waals surface area contributed by atoms with Crippen molar-refractivity contribution < 1.29 is 4.79 Å². The Kier molecular flexibility index (Phi) is 4.67. The van der Waals surface area contributed by atoms with Crippen LogP contribution in [0.2, 0.25) is 5.02 Å². The molecule has 19 heavy (non-hydrogen) atoms. The number of ketones is 1. The number of hydrogen-bond acceptors (Lipinski definition) is 2. The second-order valence-corrected chi connectivity index (χ2v) is 5.81. The molecule has 0 unspecified atom stereocenters. The topological polar surface area (TPSA) is 17.1 Å². The summed E-state index contributed by atoms with van der Waals surface area (Å²) in [5, 5.41) is 0.721. The van der Waals surface area contributed by atoms with E-state index in [-0.39, 0.29) is 5.78 Å².